The second-order valence-corrected chi connectivity index (χ2v) is 9.35. The van der Waals surface area contributed by atoms with Gasteiger partial charge in [-0.3, -0.25) is 14.5 Å². The maximum atomic E-state index is 12.9. The van der Waals surface area contributed by atoms with Gasteiger partial charge in [0.2, 0.25) is 5.82 Å². The first kappa shape index (κ1) is 22.1. The predicted octanol–water partition coefficient (Wildman–Crippen LogP) is 1.05. The highest BCUT2D eigenvalue weighted by Crippen LogP contribution is 2.18. The quantitative estimate of drug-likeness (QED) is 0.600. The van der Waals surface area contributed by atoms with Crippen LogP contribution in [-0.4, -0.2) is 77.8 Å². The van der Waals surface area contributed by atoms with Crippen LogP contribution in [0.25, 0.3) is 5.78 Å². The number of carbonyl (C=O) groups excluding carboxylic acids is 1. The molecular formula is C22H30N8O2. The van der Waals surface area contributed by atoms with E-state index in [-0.39, 0.29) is 22.7 Å². The Bertz CT molecular complexity index is 1200. The molecule has 10 heteroatoms. The minimum atomic E-state index is -0.178. The molecule has 0 N–H and O–H groups in total. The van der Waals surface area contributed by atoms with Gasteiger partial charge in [0.1, 0.15) is 0 Å². The zero-order valence-electron chi connectivity index (χ0n) is 19.4. The fourth-order valence-corrected chi connectivity index (χ4v) is 3.82. The molecule has 0 radical (unpaired) electrons. The first-order valence-electron chi connectivity index (χ1n) is 10.9. The molecule has 170 valence electrons. The molecule has 0 unspecified atom stereocenters. The third-order valence-corrected chi connectivity index (χ3v) is 5.73. The topological polar surface area (TPSA) is 102 Å². The summed E-state index contributed by atoms with van der Waals surface area (Å²) in [6, 6.07) is 5.30. The second-order valence-electron chi connectivity index (χ2n) is 9.35. The van der Waals surface area contributed by atoms with E-state index < -0.39 is 0 Å². The molecule has 3 aromatic rings. The number of nitrogens with zero attached hydrogens (tertiary/aromatic N) is 8. The summed E-state index contributed by atoms with van der Waals surface area (Å²) in [5, 5.41) is 8.89. The molecule has 0 aliphatic carbocycles. The number of aromatic nitrogens is 6. The SMILES string of the molecule is Cc1cc(C)n2nc(C(=O)N3CCN(CCn4nc(C(C)(C)C)ccc4=O)CC3)nc2n1. The molecule has 10 nitrogen and oxygen atoms in total. The van der Waals surface area contributed by atoms with E-state index in [9.17, 15) is 9.59 Å². The Morgan fingerprint density at radius 3 is 2.41 bits per heavy atom. The summed E-state index contributed by atoms with van der Waals surface area (Å²) < 4.78 is 3.14. The lowest BCUT2D eigenvalue weighted by atomic mass is 9.92. The first-order chi connectivity index (χ1) is 15.1. The van der Waals surface area contributed by atoms with Gasteiger partial charge in [-0.25, -0.2) is 14.2 Å². The maximum absolute atomic E-state index is 12.9. The zero-order chi connectivity index (χ0) is 23.0. The Kier molecular flexibility index (Phi) is 5.81. The highest BCUT2D eigenvalue weighted by atomic mass is 16.2. The lowest BCUT2D eigenvalue weighted by Gasteiger charge is -2.34. The number of rotatable bonds is 4. The molecule has 1 saturated heterocycles. The normalized spacial score (nSPS) is 15.5. The van der Waals surface area contributed by atoms with Gasteiger partial charge in [0.05, 0.1) is 12.2 Å². The maximum Gasteiger partial charge on any atom is 0.293 e. The van der Waals surface area contributed by atoms with Gasteiger partial charge in [-0.2, -0.15) is 10.1 Å². The Labute approximate surface area is 186 Å². The number of aryl methyl sites for hydroxylation is 2. The summed E-state index contributed by atoms with van der Waals surface area (Å²) in [6.45, 7) is 13.9. The number of amides is 1. The van der Waals surface area contributed by atoms with Crippen LogP contribution in [-0.2, 0) is 12.0 Å². The van der Waals surface area contributed by atoms with Gasteiger partial charge in [-0.1, -0.05) is 20.8 Å². The smallest absolute Gasteiger partial charge is 0.293 e. The van der Waals surface area contributed by atoms with E-state index in [4.69, 9.17) is 0 Å². The number of hydrogen-bond acceptors (Lipinski definition) is 7. The van der Waals surface area contributed by atoms with Crippen molar-refractivity contribution in [2.45, 2.75) is 46.6 Å². The average molecular weight is 439 g/mol. The minimum absolute atomic E-state index is 0.0936. The van der Waals surface area contributed by atoms with Crippen LogP contribution in [0.5, 0.6) is 0 Å². The molecule has 32 heavy (non-hydrogen) atoms. The van der Waals surface area contributed by atoms with Gasteiger partial charge >= 0.3 is 0 Å². The molecule has 0 aromatic carbocycles. The molecule has 1 aliphatic rings. The summed E-state index contributed by atoms with van der Waals surface area (Å²) in [6.07, 6.45) is 0. The third-order valence-electron chi connectivity index (χ3n) is 5.73. The van der Waals surface area contributed by atoms with Gasteiger partial charge in [0, 0.05) is 55.6 Å². The Morgan fingerprint density at radius 2 is 1.72 bits per heavy atom. The van der Waals surface area contributed by atoms with Crippen LogP contribution in [0.1, 0.15) is 48.5 Å². The largest absolute Gasteiger partial charge is 0.333 e. The van der Waals surface area contributed by atoms with E-state index in [1.165, 1.54) is 4.68 Å². The van der Waals surface area contributed by atoms with Gasteiger partial charge < -0.3 is 4.90 Å². The molecular weight excluding hydrogens is 408 g/mol. The molecule has 0 saturated carbocycles. The van der Waals surface area contributed by atoms with E-state index in [1.54, 1.807) is 21.5 Å². The number of piperazine rings is 1. The van der Waals surface area contributed by atoms with Crippen molar-refractivity contribution in [3.63, 3.8) is 0 Å². The fourth-order valence-electron chi connectivity index (χ4n) is 3.82. The minimum Gasteiger partial charge on any atom is -0.333 e. The third kappa shape index (κ3) is 4.55. The molecule has 3 aromatic heterocycles. The van der Waals surface area contributed by atoms with Gasteiger partial charge in [-0.05, 0) is 26.0 Å². The van der Waals surface area contributed by atoms with E-state index in [1.807, 2.05) is 19.9 Å². The number of fused-ring (bicyclic) bond motifs is 1. The van der Waals surface area contributed by atoms with Crippen molar-refractivity contribution < 1.29 is 4.79 Å². The lowest BCUT2D eigenvalue weighted by molar-refractivity contribution is 0.0619. The zero-order valence-corrected chi connectivity index (χ0v) is 19.4. The molecule has 0 atom stereocenters. The van der Waals surface area contributed by atoms with E-state index in [0.29, 0.717) is 32.0 Å². The predicted molar refractivity (Wildman–Crippen MR) is 120 cm³/mol. The van der Waals surface area contributed by atoms with Crippen molar-refractivity contribution in [3.8, 4) is 0 Å². The molecule has 1 fully saturated rings. The van der Waals surface area contributed by atoms with Gasteiger partial charge in [0.25, 0.3) is 17.2 Å². The fraction of sp³-hybridized carbons (Fsp3) is 0.545. The van der Waals surface area contributed by atoms with Crippen LogP contribution in [0, 0.1) is 13.8 Å². The Morgan fingerprint density at radius 1 is 1.00 bits per heavy atom. The average Bonchev–Trinajstić information content (AvgIpc) is 3.16. The van der Waals surface area contributed by atoms with Crippen LogP contribution >= 0.6 is 0 Å². The summed E-state index contributed by atoms with van der Waals surface area (Å²) >= 11 is 0. The van der Waals surface area contributed by atoms with E-state index >= 15 is 0 Å². The molecule has 4 heterocycles. The number of hydrogen-bond donors (Lipinski definition) is 0. The Balaban J connectivity index is 1.36. The first-order valence-corrected chi connectivity index (χ1v) is 10.9. The second kappa shape index (κ2) is 8.42. The lowest BCUT2D eigenvalue weighted by Crippen LogP contribution is -2.49. The molecule has 0 bridgehead atoms. The summed E-state index contributed by atoms with van der Waals surface area (Å²) in [4.78, 5) is 37.8. The van der Waals surface area contributed by atoms with Crippen LogP contribution in [0.4, 0.5) is 0 Å². The van der Waals surface area contributed by atoms with Crippen LogP contribution in [0.15, 0.2) is 23.0 Å². The molecule has 0 spiro atoms. The Hall–Kier alpha value is -3.14. The van der Waals surface area contributed by atoms with Crippen molar-refractivity contribution >= 4 is 11.7 Å². The van der Waals surface area contributed by atoms with E-state index in [0.717, 1.165) is 30.2 Å². The van der Waals surface area contributed by atoms with Crippen molar-refractivity contribution in [1.29, 1.82) is 0 Å². The monoisotopic (exact) mass is 438 g/mol. The van der Waals surface area contributed by atoms with Crippen molar-refractivity contribution in [1.82, 2.24) is 39.2 Å². The van der Waals surface area contributed by atoms with Gasteiger partial charge in [-0.15, -0.1) is 5.10 Å². The molecule has 1 amide bonds. The van der Waals surface area contributed by atoms with Crippen LogP contribution in [0.2, 0.25) is 0 Å². The highest BCUT2D eigenvalue weighted by Gasteiger charge is 2.26. The van der Waals surface area contributed by atoms with Crippen molar-refractivity contribution in [2.24, 2.45) is 0 Å². The van der Waals surface area contributed by atoms with Crippen LogP contribution < -0.4 is 5.56 Å². The van der Waals surface area contributed by atoms with E-state index in [2.05, 4.69) is 45.8 Å². The summed E-state index contributed by atoms with van der Waals surface area (Å²) in [7, 11) is 0. The highest BCUT2D eigenvalue weighted by molar-refractivity contribution is 5.91. The van der Waals surface area contributed by atoms with Gasteiger partial charge in [0.15, 0.2) is 0 Å². The molecule has 4 rings (SSSR count). The summed E-state index contributed by atoms with van der Waals surface area (Å²) in [5.74, 6) is 0.442. The van der Waals surface area contributed by atoms with Crippen LogP contribution in [0.3, 0.4) is 0 Å². The summed E-state index contributed by atoms with van der Waals surface area (Å²) in [5.41, 5.74) is 2.43. The van der Waals surface area contributed by atoms with Crippen molar-refractivity contribution in [2.75, 3.05) is 32.7 Å². The standard InChI is InChI=1S/C22H30N8O2/c1-15-14-16(2)30-21(23-15)24-19(26-30)20(32)28-11-8-27(9-12-28)10-13-29-18(31)7-6-17(25-29)22(3,4)5/h6-7,14H,8-13H2,1-5H3. The van der Waals surface area contributed by atoms with Crippen molar-refractivity contribution in [3.05, 3.63) is 51.5 Å². The number of carbonyl (C=O) groups is 1. The molecule has 1 aliphatic heterocycles.